The molecule has 4 atom stereocenters. The van der Waals surface area contributed by atoms with Gasteiger partial charge in [0.05, 0.1) is 43.6 Å². The van der Waals surface area contributed by atoms with Crippen molar-refractivity contribution in [1.82, 2.24) is 31.0 Å². The number of carbonyl (C=O) groups excluding carboxylic acids is 4. The van der Waals surface area contributed by atoms with Crippen molar-refractivity contribution in [3.63, 3.8) is 0 Å². The summed E-state index contributed by atoms with van der Waals surface area (Å²) in [7, 11) is 0. The van der Waals surface area contributed by atoms with Crippen LogP contribution >= 0.6 is 11.3 Å². The summed E-state index contributed by atoms with van der Waals surface area (Å²) >= 11 is 1.38. The van der Waals surface area contributed by atoms with Crippen molar-refractivity contribution in [2.45, 2.75) is 84.2 Å². The van der Waals surface area contributed by atoms with Crippen molar-refractivity contribution in [3.05, 3.63) is 34.1 Å². The van der Waals surface area contributed by atoms with E-state index in [-0.39, 0.29) is 29.7 Å². The first-order valence-corrected chi connectivity index (χ1v) is 16.1. The molecule has 13 nitrogen and oxygen atoms in total. The first-order valence-electron chi connectivity index (χ1n) is 15.2. The molecular formula is C30H44N6O7S. The third-order valence-electron chi connectivity index (χ3n) is 7.57. The van der Waals surface area contributed by atoms with Crippen molar-refractivity contribution < 1.29 is 33.2 Å². The fourth-order valence-electron chi connectivity index (χ4n) is 5.03. The van der Waals surface area contributed by atoms with Crippen LogP contribution in [0.4, 0.5) is 0 Å². The van der Waals surface area contributed by atoms with Gasteiger partial charge < -0.3 is 29.9 Å². The summed E-state index contributed by atoms with van der Waals surface area (Å²) in [4.78, 5) is 60.0. The van der Waals surface area contributed by atoms with Crippen molar-refractivity contribution in [2.24, 2.45) is 11.8 Å². The molecule has 0 aromatic carbocycles. The average molecular weight is 633 g/mol. The van der Waals surface area contributed by atoms with Gasteiger partial charge in [-0.1, -0.05) is 32.9 Å². The number of ketones is 1. The van der Waals surface area contributed by atoms with Gasteiger partial charge in [-0.2, -0.15) is 0 Å². The van der Waals surface area contributed by atoms with Crippen LogP contribution in [0.3, 0.4) is 0 Å². The zero-order chi connectivity index (χ0) is 31.9. The van der Waals surface area contributed by atoms with Crippen LogP contribution in [0.1, 0.15) is 69.4 Å². The molecule has 44 heavy (non-hydrogen) atoms. The van der Waals surface area contributed by atoms with Gasteiger partial charge in [0.25, 0.3) is 5.91 Å². The summed E-state index contributed by atoms with van der Waals surface area (Å²) in [6.45, 7) is 13.1. The summed E-state index contributed by atoms with van der Waals surface area (Å²) < 4.78 is 16.1. The molecule has 0 saturated carbocycles. The van der Waals surface area contributed by atoms with Crippen LogP contribution in [-0.4, -0.2) is 95.2 Å². The highest BCUT2D eigenvalue weighted by Gasteiger charge is 2.50. The zero-order valence-corrected chi connectivity index (χ0v) is 26.9. The van der Waals surface area contributed by atoms with Crippen molar-refractivity contribution in [1.29, 1.82) is 0 Å². The number of rotatable bonds is 16. The maximum absolute atomic E-state index is 13.7. The minimum atomic E-state index is -1.03. The average Bonchev–Trinajstić information content (AvgIpc) is 3.32. The number of aromatic nitrogens is 2. The summed E-state index contributed by atoms with van der Waals surface area (Å²) in [6, 6.07) is -1.17. The number of nitrogens with zero attached hydrogens (tertiary/aromatic N) is 3. The lowest BCUT2D eigenvalue weighted by atomic mass is 9.93. The van der Waals surface area contributed by atoms with Crippen LogP contribution in [0.2, 0.25) is 0 Å². The molecule has 4 rings (SSSR count). The van der Waals surface area contributed by atoms with Crippen LogP contribution in [0.5, 0.6) is 0 Å². The minimum Gasteiger partial charge on any atom is -0.379 e. The predicted octanol–water partition coefficient (Wildman–Crippen LogP) is 1.72. The smallest absolute Gasteiger partial charge is 0.274 e. The van der Waals surface area contributed by atoms with Gasteiger partial charge in [-0.15, -0.1) is 11.3 Å². The van der Waals surface area contributed by atoms with Crippen LogP contribution in [-0.2, 0) is 36.8 Å². The number of Topliss-reactive ketones (excluding diaryl/α,β-unsaturated/α-hetero) is 1. The molecule has 2 fully saturated rings. The van der Waals surface area contributed by atoms with Gasteiger partial charge >= 0.3 is 0 Å². The fourth-order valence-corrected chi connectivity index (χ4v) is 5.60. The third kappa shape index (κ3) is 9.65. The summed E-state index contributed by atoms with van der Waals surface area (Å²) in [5.74, 6) is -1.05. The molecule has 242 valence electrons. The molecule has 3 N–H and O–H groups in total. The Hall–Kier alpha value is -3.20. The van der Waals surface area contributed by atoms with E-state index in [0.29, 0.717) is 50.7 Å². The second kappa shape index (κ2) is 15.2. The molecule has 2 aliphatic rings. The lowest BCUT2D eigenvalue weighted by molar-refractivity contribution is -0.133. The van der Waals surface area contributed by atoms with Crippen LogP contribution in [0.15, 0.2) is 21.5 Å². The maximum atomic E-state index is 13.7. The highest BCUT2D eigenvalue weighted by Crippen LogP contribution is 2.29. The Bertz CT molecular complexity index is 1270. The molecule has 3 amide bonds. The second-order valence-electron chi connectivity index (χ2n) is 12.5. The van der Waals surface area contributed by atoms with E-state index < -0.39 is 41.4 Å². The van der Waals surface area contributed by atoms with Gasteiger partial charge in [-0.25, -0.2) is 4.98 Å². The molecule has 2 aromatic rings. The largest absolute Gasteiger partial charge is 0.379 e. The van der Waals surface area contributed by atoms with E-state index >= 15 is 0 Å². The normalized spacial score (nSPS) is 20.6. The minimum absolute atomic E-state index is 0.0541. The van der Waals surface area contributed by atoms with E-state index in [4.69, 9.17) is 14.0 Å². The Morgan fingerprint density at radius 1 is 0.977 bits per heavy atom. The van der Waals surface area contributed by atoms with Gasteiger partial charge in [0.1, 0.15) is 17.7 Å². The number of ether oxygens (including phenoxy) is 2. The number of thiazole rings is 1. The molecule has 0 radical (unpaired) electrons. The number of nitrogens with one attached hydrogen (secondary N) is 3. The predicted molar refractivity (Wildman–Crippen MR) is 162 cm³/mol. The summed E-state index contributed by atoms with van der Waals surface area (Å²) in [6.07, 6.45) is 0.872. The van der Waals surface area contributed by atoms with Crippen molar-refractivity contribution >= 4 is 34.8 Å². The Morgan fingerprint density at radius 2 is 1.61 bits per heavy atom. The monoisotopic (exact) mass is 632 g/mol. The Kier molecular flexibility index (Phi) is 11.6. The van der Waals surface area contributed by atoms with E-state index in [9.17, 15) is 19.2 Å². The van der Waals surface area contributed by atoms with E-state index in [1.807, 2.05) is 27.7 Å². The first kappa shape index (κ1) is 33.7. The van der Waals surface area contributed by atoms with Crippen LogP contribution in [0.25, 0.3) is 0 Å². The highest BCUT2D eigenvalue weighted by atomic mass is 32.1. The number of amides is 3. The molecule has 2 aromatic heterocycles. The summed E-state index contributed by atoms with van der Waals surface area (Å²) in [5, 5.41) is 14.2. The quantitative estimate of drug-likeness (QED) is 0.232. The Morgan fingerprint density at radius 3 is 2.23 bits per heavy atom. The zero-order valence-electron chi connectivity index (χ0n) is 26.1. The van der Waals surface area contributed by atoms with E-state index in [1.165, 1.54) is 11.3 Å². The SMILES string of the molecule is CC(C)C[C@H](NC(=O)c1cc(CN2CCOCC2)on1)C(=O)N[C@@H](Cc1cscn1)C(=O)N[C@@H](CC(C)C)C(=O)[C@]1(C)CO1. The molecule has 0 spiro atoms. The third-order valence-corrected chi connectivity index (χ3v) is 8.21. The van der Waals surface area contributed by atoms with E-state index in [1.54, 1.807) is 23.9 Å². The highest BCUT2D eigenvalue weighted by molar-refractivity contribution is 7.07. The number of hydrogen-bond acceptors (Lipinski definition) is 11. The van der Waals surface area contributed by atoms with Gasteiger partial charge in [0, 0.05) is 31.0 Å². The van der Waals surface area contributed by atoms with E-state index in [0.717, 1.165) is 13.1 Å². The standard InChI is InChI=1S/C30H44N6O7S/c1-18(2)10-22(26(37)30(5)16-42-30)32-28(39)24(12-20-15-44-17-31-20)34-27(38)23(11-19(3)4)33-29(40)25-13-21(43-35-25)14-36-6-8-41-9-7-36/h13,15,17-19,22-24H,6-12,14,16H2,1-5H3,(H,32,39)(H,33,40)(H,34,38)/t22-,23-,24-,30-/m0/s1. The number of epoxide rings is 1. The van der Waals surface area contributed by atoms with Gasteiger partial charge in [-0.05, 0) is 31.6 Å². The first-order chi connectivity index (χ1) is 20.9. The maximum Gasteiger partial charge on any atom is 0.274 e. The second-order valence-corrected chi connectivity index (χ2v) is 13.3. The van der Waals surface area contributed by atoms with Gasteiger partial charge in [0.2, 0.25) is 11.8 Å². The number of hydrogen-bond donors (Lipinski definition) is 3. The van der Waals surface area contributed by atoms with Crippen LogP contribution in [0, 0.1) is 11.8 Å². The lowest BCUT2D eigenvalue weighted by Crippen LogP contribution is -2.57. The molecular weight excluding hydrogens is 588 g/mol. The van der Waals surface area contributed by atoms with Crippen molar-refractivity contribution in [2.75, 3.05) is 32.9 Å². The molecule has 2 saturated heterocycles. The number of morpholine rings is 1. The summed E-state index contributed by atoms with van der Waals surface area (Å²) in [5.41, 5.74) is 1.43. The van der Waals surface area contributed by atoms with Crippen molar-refractivity contribution in [3.8, 4) is 0 Å². The Labute approximate surface area is 261 Å². The van der Waals surface area contributed by atoms with Crippen LogP contribution < -0.4 is 16.0 Å². The molecule has 0 bridgehead atoms. The fraction of sp³-hybridized carbons (Fsp3) is 0.667. The molecule has 4 heterocycles. The Balaban J connectivity index is 1.45. The lowest BCUT2D eigenvalue weighted by Gasteiger charge is -2.26. The van der Waals surface area contributed by atoms with Gasteiger partial charge in [-0.3, -0.25) is 24.1 Å². The van der Waals surface area contributed by atoms with E-state index in [2.05, 4.69) is 31.0 Å². The van der Waals surface area contributed by atoms with Gasteiger partial charge in [0.15, 0.2) is 17.2 Å². The molecule has 0 aliphatic carbocycles. The molecule has 14 heteroatoms. The number of carbonyl (C=O) groups is 4. The molecule has 2 aliphatic heterocycles. The topological polar surface area (TPSA) is 168 Å². The molecule has 0 unspecified atom stereocenters.